The molecule has 1 aliphatic carbocycles. The third kappa shape index (κ3) is 4.64. The third-order valence-electron chi connectivity index (χ3n) is 3.71. The second kappa shape index (κ2) is 7.67. The molecule has 1 saturated carbocycles. The van der Waals surface area contributed by atoms with Crippen molar-refractivity contribution in [2.24, 2.45) is 17.6 Å². The fourth-order valence-electron chi connectivity index (χ4n) is 2.66. The molecular weight excluding hydrogens is 216 g/mol. The van der Waals surface area contributed by atoms with E-state index < -0.39 is 0 Å². The van der Waals surface area contributed by atoms with Gasteiger partial charge in [0.25, 0.3) is 0 Å². The summed E-state index contributed by atoms with van der Waals surface area (Å²) < 4.78 is 5.00. The normalized spacial score (nSPS) is 24.6. The van der Waals surface area contributed by atoms with Crippen LogP contribution in [0.25, 0.3) is 0 Å². The fraction of sp³-hybridized carbons (Fsp3) is 0.923. The Morgan fingerprint density at radius 1 is 1.47 bits per heavy atom. The molecule has 1 rings (SSSR count). The molecule has 4 heteroatoms. The molecule has 4 nitrogen and oxygen atoms in total. The first-order valence-corrected chi connectivity index (χ1v) is 6.63. The second-order valence-corrected chi connectivity index (χ2v) is 5.06. The minimum absolute atomic E-state index is 0.210. The van der Waals surface area contributed by atoms with Crippen LogP contribution in [0, 0.1) is 11.8 Å². The van der Waals surface area contributed by atoms with Crippen LogP contribution in [0.5, 0.6) is 0 Å². The van der Waals surface area contributed by atoms with Crippen LogP contribution in [0.4, 0.5) is 0 Å². The van der Waals surface area contributed by atoms with E-state index in [1.165, 1.54) is 12.8 Å². The molecule has 100 valence electrons. The van der Waals surface area contributed by atoms with Crippen LogP contribution in [0.3, 0.4) is 0 Å². The molecule has 2 N–H and O–H groups in total. The summed E-state index contributed by atoms with van der Waals surface area (Å²) in [6.07, 6.45) is 5.53. The van der Waals surface area contributed by atoms with Gasteiger partial charge in [-0.25, -0.2) is 0 Å². The topological polar surface area (TPSA) is 55.6 Å². The zero-order valence-electron chi connectivity index (χ0n) is 11.2. The first-order valence-electron chi connectivity index (χ1n) is 6.63. The first kappa shape index (κ1) is 14.5. The lowest BCUT2D eigenvalue weighted by Gasteiger charge is -2.31. The number of hydrogen-bond donors (Lipinski definition) is 1. The number of carbonyl (C=O) groups is 1. The average molecular weight is 242 g/mol. The Kier molecular flexibility index (Phi) is 6.52. The smallest absolute Gasteiger partial charge is 0.225 e. The molecular formula is C13H26N2O2. The standard InChI is InChI=1S/C13H26N2O2/c1-15(8-9-17-2)13(16)12-5-3-4-11(10-12)6-7-14/h11-12H,3-10,14H2,1-2H3. The molecule has 2 unspecified atom stereocenters. The van der Waals surface area contributed by atoms with E-state index in [1.54, 1.807) is 12.0 Å². The zero-order chi connectivity index (χ0) is 12.7. The monoisotopic (exact) mass is 242 g/mol. The molecule has 0 heterocycles. The highest BCUT2D eigenvalue weighted by Crippen LogP contribution is 2.31. The van der Waals surface area contributed by atoms with Gasteiger partial charge in [0.1, 0.15) is 0 Å². The highest BCUT2D eigenvalue weighted by molar-refractivity contribution is 5.78. The van der Waals surface area contributed by atoms with Gasteiger partial charge in [-0.2, -0.15) is 0 Å². The molecule has 0 bridgehead atoms. The molecule has 1 aliphatic rings. The van der Waals surface area contributed by atoms with Crippen molar-refractivity contribution in [3.8, 4) is 0 Å². The van der Waals surface area contributed by atoms with E-state index in [2.05, 4.69) is 0 Å². The van der Waals surface area contributed by atoms with Gasteiger partial charge < -0.3 is 15.4 Å². The lowest BCUT2D eigenvalue weighted by atomic mass is 9.79. The third-order valence-corrected chi connectivity index (χ3v) is 3.71. The lowest BCUT2D eigenvalue weighted by Crippen LogP contribution is -2.37. The van der Waals surface area contributed by atoms with Crippen LogP contribution < -0.4 is 5.73 Å². The Hall–Kier alpha value is -0.610. The van der Waals surface area contributed by atoms with Crippen molar-refractivity contribution in [2.75, 3.05) is 33.9 Å². The number of amides is 1. The number of carbonyl (C=O) groups excluding carboxylic acids is 1. The summed E-state index contributed by atoms with van der Waals surface area (Å²) in [7, 11) is 3.53. The molecule has 2 atom stereocenters. The largest absolute Gasteiger partial charge is 0.383 e. The van der Waals surface area contributed by atoms with Gasteiger partial charge in [-0.1, -0.05) is 12.8 Å². The maximum absolute atomic E-state index is 12.2. The quantitative estimate of drug-likeness (QED) is 0.762. The van der Waals surface area contributed by atoms with Gasteiger partial charge in [-0.15, -0.1) is 0 Å². The minimum atomic E-state index is 0.210. The molecule has 0 aliphatic heterocycles. The van der Waals surface area contributed by atoms with Crippen molar-refractivity contribution < 1.29 is 9.53 Å². The van der Waals surface area contributed by atoms with Crippen LogP contribution >= 0.6 is 0 Å². The minimum Gasteiger partial charge on any atom is -0.383 e. The lowest BCUT2D eigenvalue weighted by molar-refractivity contribution is -0.136. The van der Waals surface area contributed by atoms with Crippen LogP contribution in [0.1, 0.15) is 32.1 Å². The fourth-order valence-corrected chi connectivity index (χ4v) is 2.66. The number of ether oxygens (including phenoxy) is 1. The van der Waals surface area contributed by atoms with Crippen LogP contribution in [-0.2, 0) is 9.53 Å². The Bertz CT molecular complexity index is 231. The van der Waals surface area contributed by atoms with Crippen LogP contribution in [0.2, 0.25) is 0 Å². The Balaban J connectivity index is 2.39. The molecule has 1 amide bonds. The maximum atomic E-state index is 12.2. The molecule has 17 heavy (non-hydrogen) atoms. The molecule has 1 fully saturated rings. The van der Waals surface area contributed by atoms with E-state index in [4.69, 9.17) is 10.5 Å². The van der Waals surface area contributed by atoms with Gasteiger partial charge in [0, 0.05) is 26.6 Å². The number of methoxy groups -OCH3 is 1. The second-order valence-electron chi connectivity index (χ2n) is 5.06. The van der Waals surface area contributed by atoms with E-state index in [9.17, 15) is 4.79 Å². The molecule has 0 aromatic carbocycles. The SMILES string of the molecule is COCCN(C)C(=O)C1CCCC(CCN)C1. The molecule has 0 spiro atoms. The molecule has 0 radical (unpaired) electrons. The van der Waals surface area contributed by atoms with Gasteiger partial charge in [0.2, 0.25) is 5.91 Å². The molecule has 0 aromatic rings. The van der Waals surface area contributed by atoms with E-state index in [1.807, 2.05) is 7.05 Å². The van der Waals surface area contributed by atoms with E-state index in [-0.39, 0.29) is 11.8 Å². The summed E-state index contributed by atoms with van der Waals surface area (Å²) in [4.78, 5) is 14.0. The Morgan fingerprint density at radius 2 is 2.24 bits per heavy atom. The highest BCUT2D eigenvalue weighted by atomic mass is 16.5. The predicted octanol–water partition coefficient (Wildman–Crippen LogP) is 1.25. The summed E-state index contributed by atoms with van der Waals surface area (Å²) in [5, 5.41) is 0. The van der Waals surface area contributed by atoms with Gasteiger partial charge in [-0.05, 0) is 31.7 Å². The van der Waals surface area contributed by atoms with Gasteiger partial charge in [-0.3, -0.25) is 4.79 Å². The maximum Gasteiger partial charge on any atom is 0.225 e. The van der Waals surface area contributed by atoms with Crippen molar-refractivity contribution in [3.63, 3.8) is 0 Å². The van der Waals surface area contributed by atoms with E-state index in [0.29, 0.717) is 19.1 Å². The van der Waals surface area contributed by atoms with Gasteiger partial charge in [0.15, 0.2) is 0 Å². The number of rotatable bonds is 6. The van der Waals surface area contributed by atoms with Crippen LogP contribution in [-0.4, -0.2) is 44.7 Å². The van der Waals surface area contributed by atoms with E-state index >= 15 is 0 Å². The average Bonchev–Trinajstić information content (AvgIpc) is 2.35. The van der Waals surface area contributed by atoms with Gasteiger partial charge in [0.05, 0.1) is 6.61 Å². The first-order chi connectivity index (χ1) is 8.19. The number of nitrogens with zero attached hydrogens (tertiary/aromatic N) is 1. The zero-order valence-corrected chi connectivity index (χ0v) is 11.2. The summed E-state index contributed by atoms with van der Waals surface area (Å²) in [5.41, 5.74) is 5.59. The molecule has 0 saturated heterocycles. The summed E-state index contributed by atoms with van der Waals surface area (Å²) in [5.74, 6) is 1.14. The van der Waals surface area contributed by atoms with Crippen molar-refractivity contribution in [3.05, 3.63) is 0 Å². The van der Waals surface area contributed by atoms with Crippen molar-refractivity contribution in [2.45, 2.75) is 32.1 Å². The van der Waals surface area contributed by atoms with Crippen molar-refractivity contribution in [1.29, 1.82) is 0 Å². The number of nitrogens with two attached hydrogens (primary N) is 1. The Morgan fingerprint density at radius 3 is 2.88 bits per heavy atom. The summed E-state index contributed by atoms with van der Waals surface area (Å²) in [6.45, 7) is 2.04. The highest BCUT2D eigenvalue weighted by Gasteiger charge is 2.28. The van der Waals surface area contributed by atoms with Crippen molar-refractivity contribution in [1.82, 2.24) is 4.90 Å². The Labute approximate surface area is 104 Å². The predicted molar refractivity (Wildman–Crippen MR) is 68.6 cm³/mol. The summed E-state index contributed by atoms with van der Waals surface area (Å²) >= 11 is 0. The number of hydrogen-bond acceptors (Lipinski definition) is 3. The van der Waals surface area contributed by atoms with E-state index in [0.717, 1.165) is 25.8 Å². The van der Waals surface area contributed by atoms with Crippen molar-refractivity contribution >= 4 is 5.91 Å². The van der Waals surface area contributed by atoms with Crippen LogP contribution in [0.15, 0.2) is 0 Å². The summed E-state index contributed by atoms with van der Waals surface area (Å²) in [6, 6.07) is 0. The van der Waals surface area contributed by atoms with Gasteiger partial charge >= 0.3 is 0 Å². The number of likely N-dealkylation sites (N-methyl/N-ethyl adjacent to an activating group) is 1. The molecule has 0 aromatic heterocycles.